The molecule has 0 amide bonds. The van der Waals surface area contributed by atoms with Crippen LogP contribution < -0.4 is 0 Å². The number of aliphatic imine (C=N–C) groups is 1. The van der Waals surface area contributed by atoms with Crippen molar-refractivity contribution in [2.75, 3.05) is 0 Å². The van der Waals surface area contributed by atoms with Crippen LogP contribution in [0, 0.1) is 5.82 Å². The Morgan fingerprint density at radius 1 is 1.05 bits per heavy atom. The summed E-state index contributed by atoms with van der Waals surface area (Å²) in [6.07, 6.45) is -3.38. The second kappa shape index (κ2) is 5.63. The van der Waals surface area contributed by atoms with E-state index in [4.69, 9.17) is 11.6 Å². The highest BCUT2D eigenvalue weighted by Gasteiger charge is 2.34. The third-order valence-electron chi connectivity index (χ3n) is 2.47. The Hall–Kier alpha value is -1.88. The molecule has 0 aliphatic heterocycles. The van der Waals surface area contributed by atoms with Gasteiger partial charge in [0.1, 0.15) is 5.82 Å². The molecule has 0 aromatic heterocycles. The van der Waals surface area contributed by atoms with E-state index in [1.54, 1.807) is 24.3 Å². The molecule has 0 aliphatic rings. The van der Waals surface area contributed by atoms with E-state index < -0.39 is 17.6 Å². The van der Waals surface area contributed by atoms with Gasteiger partial charge in [-0.15, -0.1) is 0 Å². The van der Waals surface area contributed by atoms with Gasteiger partial charge in [0.25, 0.3) is 0 Å². The lowest BCUT2D eigenvalue weighted by Crippen LogP contribution is -2.07. The lowest BCUT2D eigenvalue weighted by Gasteiger charge is -2.08. The average Bonchev–Trinajstić information content (AvgIpc) is 2.36. The maximum absolute atomic E-state index is 13.1. The van der Waals surface area contributed by atoms with Gasteiger partial charge in [-0.1, -0.05) is 23.7 Å². The standard InChI is InChI=1S/C14H8ClF4N/c15-10-3-1-2-9(6-10)8-20-11-4-5-13(16)12(7-11)14(17,18)19/h1-8H. The van der Waals surface area contributed by atoms with E-state index in [-0.39, 0.29) is 5.69 Å². The smallest absolute Gasteiger partial charge is 0.256 e. The quantitative estimate of drug-likeness (QED) is 0.531. The van der Waals surface area contributed by atoms with Crippen molar-refractivity contribution in [2.45, 2.75) is 6.18 Å². The van der Waals surface area contributed by atoms with Gasteiger partial charge in [0.15, 0.2) is 0 Å². The van der Waals surface area contributed by atoms with Crippen LogP contribution in [0.2, 0.25) is 5.02 Å². The highest BCUT2D eigenvalue weighted by Crippen LogP contribution is 2.33. The summed E-state index contributed by atoms with van der Waals surface area (Å²) in [4.78, 5) is 3.88. The lowest BCUT2D eigenvalue weighted by molar-refractivity contribution is -0.139. The Labute approximate surface area is 117 Å². The van der Waals surface area contributed by atoms with Gasteiger partial charge in [-0.2, -0.15) is 13.2 Å². The van der Waals surface area contributed by atoms with Gasteiger partial charge in [-0.3, -0.25) is 4.99 Å². The number of alkyl halides is 3. The maximum Gasteiger partial charge on any atom is 0.419 e. The van der Waals surface area contributed by atoms with Crippen molar-refractivity contribution in [1.29, 1.82) is 0 Å². The highest BCUT2D eigenvalue weighted by atomic mass is 35.5. The van der Waals surface area contributed by atoms with Gasteiger partial charge >= 0.3 is 6.18 Å². The second-order valence-electron chi connectivity index (χ2n) is 3.98. The van der Waals surface area contributed by atoms with Crippen LogP contribution >= 0.6 is 11.6 Å². The summed E-state index contributed by atoms with van der Waals surface area (Å²) in [6.45, 7) is 0. The lowest BCUT2D eigenvalue weighted by atomic mass is 10.2. The number of nitrogens with zero attached hydrogens (tertiary/aromatic N) is 1. The molecule has 0 heterocycles. The summed E-state index contributed by atoms with van der Waals surface area (Å²) in [5.74, 6) is -1.32. The van der Waals surface area contributed by atoms with Gasteiger partial charge in [0.2, 0.25) is 0 Å². The molecule has 0 N–H and O–H groups in total. The summed E-state index contributed by atoms with van der Waals surface area (Å²) >= 11 is 5.77. The van der Waals surface area contributed by atoms with Crippen molar-refractivity contribution in [1.82, 2.24) is 0 Å². The molecule has 6 heteroatoms. The van der Waals surface area contributed by atoms with Crippen LogP contribution in [-0.2, 0) is 6.18 Å². The van der Waals surface area contributed by atoms with Crippen LogP contribution in [0.3, 0.4) is 0 Å². The molecule has 0 unspecified atom stereocenters. The van der Waals surface area contributed by atoms with E-state index in [2.05, 4.69) is 4.99 Å². The fourth-order valence-electron chi connectivity index (χ4n) is 1.55. The third-order valence-corrected chi connectivity index (χ3v) is 2.70. The first-order valence-corrected chi connectivity index (χ1v) is 5.90. The molecule has 0 fully saturated rings. The molecule has 0 aliphatic carbocycles. The van der Waals surface area contributed by atoms with Crippen molar-refractivity contribution in [3.8, 4) is 0 Å². The van der Waals surface area contributed by atoms with Crippen LogP contribution in [-0.4, -0.2) is 6.21 Å². The Morgan fingerprint density at radius 2 is 1.80 bits per heavy atom. The van der Waals surface area contributed by atoms with Gasteiger partial charge in [0.05, 0.1) is 11.3 Å². The molecule has 20 heavy (non-hydrogen) atoms. The molecule has 1 nitrogen and oxygen atoms in total. The van der Waals surface area contributed by atoms with Crippen LogP contribution in [0.5, 0.6) is 0 Å². The number of rotatable bonds is 2. The van der Waals surface area contributed by atoms with E-state index in [9.17, 15) is 17.6 Å². The van der Waals surface area contributed by atoms with Crippen molar-refractivity contribution < 1.29 is 17.6 Å². The van der Waals surface area contributed by atoms with E-state index in [0.717, 1.165) is 6.07 Å². The van der Waals surface area contributed by atoms with Crippen LogP contribution in [0.4, 0.5) is 23.2 Å². The molecule has 0 radical (unpaired) electrons. The minimum absolute atomic E-state index is 0.0127. The maximum atomic E-state index is 13.1. The van der Waals surface area contributed by atoms with E-state index in [1.807, 2.05) is 0 Å². The predicted molar refractivity (Wildman–Crippen MR) is 70.1 cm³/mol. The first kappa shape index (κ1) is 14.5. The van der Waals surface area contributed by atoms with Crippen molar-refractivity contribution in [3.05, 3.63) is 64.4 Å². The number of benzene rings is 2. The highest BCUT2D eigenvalue weighted by molar-refractivity contribution is 6.30. The molecule has 2 aromatic rings. The summed E-state index contributed by atoms with van der Waals surface area (Å²) in [6, 6.07) is 9.24. The Balaban J connectivity index is 2.31. The zero-order valence-corrected chi connectivity index (χ0v) is 10.7. The molecule has 0 bridgehead atoms. The number of halogens is 5. The molecule has 0 spiro atoms. The molecule has 0 saturated heterocycles. The summed E-state index contributed by atoms with van der Waals surface area (Å²) < 4.78 is 50.7. The van der Waals surface area contributed by atoms with Gasteiger partial charge in [-0.25, -0.2) is 4.39 Å². The van der Waals surface area contributed by atoms with E-state index in [0.29, 0.717) is 16.7 Å². The Kier molecular flexibility index (Phi) is 4.09. The SMILES string of the molecule is Fc1ccc(N=Cc2cccc(Cl)c2)cc1C(F)(F)F. The summed E-state index contributed by atoms with van der Waals surface area (Å²) in [5, 5.41) is 0.490. The summed E-state index contributed by atoms with van der Waals surface area (Å²) in [5.41, 5.74) is -0.688. The zero-order chi connectivity index (χ0) is 14.8. The Bertz CT molecular complexity index is 650. The van der Waals surface area contributed by atoms with Gasteiger partial charge in [0, 0.05) is 11.2 Å². The van der Waals surface area contributed by atoms with Crippen LogP contribution in [0.1, 0.15) is 11.1 Å². The normalized spacial score (nSPS) is 12.1. The number of hydrogen-bond acceptors (Lipinski definition) is 1. The van der Waals surface area contributed by atoms with E-state index in [1.165, 1.54) is 12.3 Å². The first-order valence-electron chi connectivity index (χ1n) is 5.52. The topological polar surface area (TPSA) is 12.4 Å². The first-order chi connectivity index (χ1) is 9.36. The van der Waals surface area contributed by atoms with Crippen LogP contribution in [0.25, 0.3) is 0 Å². The van der Waals surface area contributed by atoms with E-state index >= 15 is 0 Å². The molecule has 0 atom stereocenters. The van der Waals surface area contributed by atoms with Crippen molar-refractivity contribution >= 4 is 23.5 Å². The molecule has 0 saturated carbocycles. The van der Waals surface area contributed by atoms with Crippen molar-refractivity contribution in [3.63, 3.8) is 0 Å². The molecular formula is C14H8ClF4N. The molecule has 2 aromatic carbocycles. The second-order valence-corrected chi connectivity index (χ2v) is 4.41. The van der Waals surface area contributed by atoms with Crippen LogP contribution in [0.15, 0.2) is 47.5 Å². The fourth-order valence-corrected chi connectivity index (χ4v) is 1.75. The third kappa shape index (κ3) is 3.57. The predicted octanol–water partition coefficient (Wildman–Crippen LogP) is 5.25. The van der Waals surface area contributed by atoms with Crippen molar-refractivity contribution in [2.24, 2.45) is 4.99 Å². The summed E-state index contributed by atoms with van der Waals surface area (Å²) in [7, 11) is 0. The fraction of sp³-hybridized carbons (Fsp3) is 0.0714. The average molecular weight is 302 g/mol. The molecular weight excluding hydrogens is 294 g/mol. The minimum atomic E-state index is -4.74. The van der Waals surface area contributed by atoms with Gasteiger partial charge < -0.3 is 0 Å². The largest absolute Gasteiger partial charge is 0.419 e. The Morgan fingerprint density at radius 3 is 2.45 bits per heavy atom. The van der Waals surface area contributed by atoms with Gasteiger partial charge in [-0.05, 0) is 35.9 Å². The molecule has 104 valence electrons. The minimum Gasteiger partial charge on any atom is -0.256 e. The zero-order valence-electron chi connectivity index (χ0n) is 9.96. The molecule has 2 rings (SSSR count). The monoisotopic (exact) mass is 301 g/mol. The number of hydrogen-bond donors (Lipinski definition) is 0.